The first kappa shape index (κ1) is 16.1. The number of hydrogen-bond acceptors (Lipinski definition) is 5. The topological polar surface area (TPSA) is 127 Å². The Labute approximate surface area is 115 Å². The summed E-state index contributed by atoms with van der Waals surface area (Å²) in [6.07, 6.45) is 0.654. The summed E-state index contributed by atoms with van der Waals surface area (Å²) in [6.45, 7) is 1.73. The Morgan fingerprint density at radius 2 is 1.95 bits per heavy atom. The number of nitrogens with zero attached hydrogens (tertiary/aromatic N) is 1. The van der Waals surface area contributed by atoms with Crippen molar-refractivity contribution in [2.75, 3.05) is 0 Å². The Morgan fingerprint density at radius 3 is 2.35 bits per heavy atom. The summed E-state index contributed by atoms with van der Waals surface area (Å²) in [4.78, 5) is 20.5. The third-order valence-electron chi connectivity index (χ3n) is 2.53. The van der Waals surface area contributed by atoms with E-state index in [-0.39, 0.29) is 17.0 Å². The number of nitro benzene ring substituents is 1. The lowest BCUT2D eigenvalue weighted by Crippen LogP contribution is -2.40. The normalized spacial score (nSPS) is 12.8. The Balaban J connectivity index is 2.98. The molecule has 20 heavy (non-hydrogen) atoms. The van der Waals surface area contributed by atoms with Crippen molar-refractivity contribution in [3.05, 3.63) is 34.4 Å². The van der Waals surface area contributed by atoms with E-state index in [1.54, 1.807) is 6.92 Å². The van der Waals surface area contributed by atoms with Gasteiger partial charge in [0.2, 0.25) is 10.0 Å². The van der Waals surface area contributed by atoms with Gasteiger partial charge >= 0.3 is 5.97 Å². The molecule has 0 fully saturated rings. The molecule has 8 nitrogen and oxygen atoms in total. The first-order chi connectivity index (χ1) is 9.27. The fourth-order valence-electron chi connectivity index (χ4n) is 1.52. The maximum Gasteiger partial charge on any atom is 0.321 e. The Bertz CT molecular complexity index is 596. The average molecular weight is 302 g/mol. The Kier molecular flexibility index (Phi) is 5.17. The molecule has 0 heterocycles. The quantitative estimate of drug-likeness (QED) is 0.574. The van der Waals surface area contributed by atoms with E-state index in [9.17, 15) is 23.3 Å². The van der Waals surface area contributed by atoms with E-state index in [1.165, 1.54) is 0 Å². The van der Waals surface area contributed by atoms with Gasteiger partial charge in [0, 0.05) is 12.1 Å². The molecule has 1 aromatic carbocycles. The van der Waals surface area contributed by atoms with Gasteiger partial charge in [0.15, 0.2) is 0 Å². The van der Waals surface area contributed by atoms with Crippen LogP contribution in [0.3, 0.4) is 0 Å². The lowest BCUT2D eigenvalue weighted by atomic mass is 10.2. The fourth-order valence-corrected chi connectivity index (χ4v) is 2.75. The smallest absolute Gasteiger partial charge is 0.321 e. The SMILES string of the molecule is CCCC(NS(=O)(=O)c1ccc([N+](=O)[O-])cc1)C(=O)O. The number of rotatable bonds is 7. The third-order valence-corrected chi connectivity index (χ3v) is 4.02. The van der Waals surface area contributed by atoms with Gasteiger partial charge in [-0.3, -0.25) is 14.9 Å². The summed E-state index contributed by atoms with van der Waals surface area (Å²) in [5, 5.41) is 19.4. The van der Waals surface area contributed by atoms with E-state index in [4.69, 9.17) is 5.11 Å². The molecule has 1 unspecified atom stereocenters. The molecular formula is C11H14N2O6S. The van der Waals surface area contributed by atoms with E-state index in [0.717, 1.165) is 24.3 Å². The van der Waals surface area contributed by atoms with Gasteiger partial charge in [0.05, 0.1) is 9.82 Å². The van der Waals surface area contributed by atoms with Crippen molar-refractivity contribution in [1.29, 1.82) is 0 Å². The molecule has 0 amide bonds. The molecule has 0 saturated carbocycles. The van der Waals surface area contributed by atoms with Crippen molar-refractivity contribution in [3.8, 4) is 0 Å². The van der Waals surface area contributed by atoms with Crippen LogP contribution in [-0.4, -0.2) is 30.5 Å². The van der Waals surface area contributed by atoms with E-state index in [2.05, 4.69) is 4.72 Å². The number of sulfonamides is 1. The van der Waals surface area contributed by atoms with Crippen molar-refractivity contribution in [1.82, 2.24) is 4.72 Å². The standard InChI is InChI=1S/C11H14N2O6S/c1-2-3-10(11(14)15)12-20(18,19)9-6-4-8(5-7-9)13(16)17/h4-7,10,12H,2-3H2,1H3,(H,14,15). The highest BCUT2D eigenvalue weighted by molar-refractivity contribution is 7.89. The highest BCUT2D eigenvalue weighted by Gasteiger charge is 2.24. The largest absolute Gasteiger partial charge is 0.480 e. The molecule has 0 radical (unpaired) electrons. The van der Waals surface area contributed by atoms with Crippen LogP contribution < -0.4 is 4.72 Å². The van der Waals surface area contributed by atoms with Gasteiger partial charge in [0.1, 0.15) is 6.04 Å². The minimum atomic E-state index is -4.02. The van der Waals surface area contributed by atoms with E-state index >= 15 is 0 Å². The number of non-ortho nitro benzene ring substituents is 1. The summed E-state index contributed by atoms with van der Waals surface area (Å²) in [7, 11) is -4.02. The second-order valence-corrected chi connectivity index (χ2v) is 5.77. The van der Waals surface area contributed by atoms with Crippen molar-refractivity contribution >= 4 is 21.7 Å². The van der Waals surface area contributed by atoms with Gasteiger partial charge in [-0.2, -0.15) is 4.72 Å². The van der Waals surface area contributed by atoms with Crippen LogP contribution in [-0.2, 0) is 14.8 Å². The monoisotopic (exact) mass is 302 g/mol. The molecule has 0 aromatic heterocycles. The van der Waals surface area contributed by atoms with Crippen molar-refractivity contribution < 1.29 is 23.2 Å². The van der Waals surface area contributed by atoms with Crippen LogP contribution in [0.2, 0.25) is 0 Å². The van der Waals surface area contributed by atoms with Crippen LogP contribution in [0.25, 0.3) is 0 Å². The number of nitro groups is 1. The van der Waals surface area contributed by atoms with Crippen LogP contribution in [0.5, 0.6) is 0 Å². The van der Waals surface area contributed by atoms with Gasteiger partial charge in [-0.15, -0.1) is 0 Å². The average Bonchev–Trinajstić information content (AvgIpc) is 2.38. The van der Waals surface area contributed by atoms with Gasteiger partial charge in [-0.05, 0) is 18.6 Å². The zero-order valence-corrected chi connectivity index (χ0v) is 11.5. The minimum Gasteiger partial charge on any atom is -0.480 e. The number of aliphatic carboxylic acids is 1. The van der Waals surface area contributed by atoms with Crippen molar-refractivity contribution in [2.24, 2.45) is 0 Å². The van der Waals surface area contributed by atoms with Crippen molar-refractivity contribution in [2.45, 2.75) is 30.7 Å². The number of carboxylic acids is 1. The molecule has 1 rings (SSSR count). The zero-order chi connectivity index (χ0) is 15.3. The summed E-state index contributed by atoms with van der Waals surface area (Å²) < 4.78 is 26.0. The number of hydrogen-bond donors (Lipinski definition) is 2. The van der Waals surface area contributed by atoms with Gasteiger partial charge < -0.3 is 5.11 Å². The lowest BCUT2D eigenvalue weighted by molar-refractivity contribution is -0.384. The van der Waals surface area contributed by atoms with Gasteiger partial charge in [-0.25, -0.2) is 8.42 Å². The maximum atomic E-state index is 12.0. The first-order valence-electron chi connectivity index (χ1n) is 5.77. The van der Waals surface area contributed by atoms with E-state index in [1.807, 2.05) is 0 Å². The van der Waals surface area contributed by atoms with Crippen LogP contribution in [0.15, 0.2) is 29.2 Å². The number of benzene rings is 1. The highest BCUT2D eigenvalue weighted by Crippen LogP contribution is 2.16. The molecule has 0 saturated heterocycles. The van der Waals surface area contributed by atoms with Crippen LogP contribution in [0.1, 0.15) is 19.8 Å². The van der Waals surface area contributed by atoms with Gasteiger partial charge in [0.25, 0.3) is 5.69 Å². The molecule has 0 spiro atoms. The lowest BCUT2D eigenvalue weighted by Gasteiger charge is -2.13. The number of carboxylic acid groups (broad SMARTS) is 1. The molecule has 1 atom stereocenters. The summed E-state index contributed by atoms with van der Waals surface area (Å²) in [5.41, 5.74) is -0.243. The molecule has 110 valence electrons. The molecule has 0 aliphatic carbocycles. The Morgan fingerprint density at radius 1 is 1.40 bits per heavy atom. The third kappa shape index (κ3) is 4.00. The second-order valence-electron chi connectivity index (χ2n) is 4.05. The molecule has 0 aliphatic heterocycles. The fraction of sp³-hybridized carbons (Fsp3) is 0.364. The molecule has 2 N–H and O–H groups in total. The predicted molar refractivity (Wildman–Crippen MR) is 69.7 cm³/mol. The highest BCUT2D eigenvalue weighted by atomic mass is 32.2. The van der Waals surface area contributed by atoms with Gasteiger partial charge in [-0.1, -0.05) is 13.3 Å². The first-order valence-corrected chi connectivity index (χ1v) is 7.26. The minimum absolute atomic E-state index is 0.154. The van der Waals surface area contributed by atoms with Crippen LogP contribution in [0, 0.1) is 10.1 Å². The summed E-state index contributed by atoms with van der Waals surface area (Å²) >= 11 is 0. The molecule has 0 aliphatic rings. The molecule has 9 heteroatoms. The summed E-state index contributed by atoms with van der Waals surface area (Å²) in [5.74, 6) is -1.27. The predicted octanol–water partition coefficient (Wildman–Crippen LogP) is 1.13. The van der Waals surface area contributed by atoms with Crippen LogP contribution >= 0.6 is 0 Å². The van der Waals surface area contributed by atoms with E-state index < -0.39 is 27.0 Å². The summed E-state index contributed by atoms with van der Waals surface area (Å²) in [6, 6.07) is 2.99. The van der Waals surface area contributed by atoms with Crippen LogP contribution in [0.4, 0.5) is 5.69 Å². The maximum absolute atomic E-state index is 12.0. The van der Waals surface area contributed by atoms with E-state index in [0.29, 0.717) is 6.42 Å². The molecule has 0 bridgehead atoms. The second kappa shape index (κ2) is 6.44. The zero-order valence-electron chi connectivity index (χ0n) is 10.6. The Hall–Kier alpha value is -2.00. The number of carbonyl (C=O) groups is 1. The number of nitrogens with one attached hydrogen (secondary N) is 1. The molecule has 1 aromatic rings. The molecular weight excluding hydrogens is 288 g/mol. The van der Waals surface area contributed by atoms with Crippen molar-refractivity contribution in [3.63, 3.8) is 0 Å².